The Morgan fingerprint density at radius 2 is 1.62 bits per heavy atom. The Kier molecular flexibility index (Phi) is 8.00. The molecular formula is C22H20ClFN2O4S2. The summed E-state index contributed by atoms with van der Waals surface area (Å²) in [4.78, 5) is 24.9. The Hall–Kier alpha value is -2.75. The third-order valence-electron chi connectivity index (χ3n) is 4.64. The van der Waals surface area contributed by atoms with Crippen molar-refractivity contribution >= 4 is 44.6 Å². The fourth-order valence-corrected chi connectivity index (χ4v) is 5.85. The van der Waals surface area contributed by atoms with E-state index < -0.39 is 26.9 Å². The van der Waals surface area contributed by atoms with Gasteiger partial charge in [-0.25, -0.2) is 12.8 Å². The van der Waals surface area contributed by atoms with Gasteiger partial charge in [-0.15, -0.1) is 11.3 Å². The van der Waals surface area contributed by atoms with E-state index in [1.54, 1.807) is 29.6 Å². The smallest absolute Gasteiger partial charge is 0.309 e. The van der Waals surface area contributed by atoms with E-state index in [9.17, 15) is 22.4 Å². The van der Waals surface area contributed by atoms with Crippen LogP contribution in [0.2, 0.25) is 5.02 Å². The first-order chi connectivity index (χ1) is 15.3. The van der Waals surface area contributed by atoms with Gasteiger partial charge in [0.05, 0.1) is 4.90 Å². The van der Waals surface area contributed by atoms with E-state index in [1.165, 1.54) is 47.7 Å². The van der Waals surface area contributed by atoms with Crippen molar-refractivity contribution < 1.29 is 22.4 Å². The lowest BCUT2D eigenvalue weighted by atomic mass is 10.1. The predicted molar refractivity (Wildman–Crippen MR) is 122 cm³/mol. The van der Waals surface area contributed by atoms with E-state index in [4.69, 9.17) is 11.6 Å². The molecule has 2 amide bonds. The summed E-state index contributed by atoms with van der Waals surface area (Å²) in [5.41, 5.74) is 0.805. The monoisotopic (exact) mass is 494 g/mol. The number of carbonyl (C=O) groups is 2. The molecule has 0 fully saturated rings. The topological polar surface area (TPSA) is 92.3 Å². The molecule has 6 nitrogen and oxygen atoms in total. The fourth-order valence-electron chi connectivity index (χ4n) is 2.94. The summed E-state index contributed by atoms with van der Waals surface area (Å²) in [6, 6.07) is 15.0. The van der Waals surface area contributed by atoms with Gasteiger partial charge in [0, 0.05) is 23.0 Å². The third-order valence-corrected chi connectivity index (χ3v) is 8.13. The van der Waals surface area contributed by atoms with Gasteiger partial charge in [0.15, 0.2) is 9.84 Å². The number of hydrogen-bond acceptors (Lipinski definition) is 5. The third kappa shape index (κ3) is 6.15. The highest BCUT2D eigenvalue weighted by Crippen LogP contribution is 2.31. The van der Waals surface area contributed by atoms with Crippen LogP contribution >= 0.6 is 22.9 Å². The molecule has 3 rings (SSSR count). The van der Waals surface area contributed by atoms with Crippen molar-refractivity contribution in [1.82, 2.24) is 10.6 Å². The number of thiophene rings is 1. The SMILES string of the molecule is O=C(NCCc1ccc(F)cc1)C(=O)NC[C@@H](c1cccs1)S(=O)(=O)c1ccc(Cl)cc1. The van der Waals surface area contributed by atoms with Gasteiger partial charge in [0.2, 0.25) is 0 Å². The number of hydrogen-bond donors (Lipinski definition) is 2. The van der Waals surface area contributed by atoms with Crippen LogP contribution in [-0.4, -0.2) is 33.3 Å². The molecule has 2 aromatic carbocycles. The minimum atomic E-state index is -3.84. The summed E-state index contributed by atoms with van der Waals surface area (Å²) in [6.07, 6.45) is 0.419. The second kappa shape index (κ2) is 10.7. The highest BCUT2D eigenvalue weighted by molar-refractivity contribution is 7.91. The molecule has 2 N–H and O–H groups in total. The molecule has 1 heterocycles. The molecule has 0 saturated carbocycles. The van der Waals surface area contributed by atoms with Crippen molar-refractivity contribution in [2.45, 2.75) is 16.6 Å². The van der Waals surface area contributed by atoms with Gasteiger partial charge >= 0.3 is 11.8 Å². The number of halogens is 2. The number of rotatable bonds is 8. The van der Waals surface area contributed by atoms with E-state index >= 15 is 0 Å². The van der Waals surface area contributed by atoms with Gasteiger partial charge < -0.3 is 10.6 Å². The van der Waals surface area contributed by atoms with Crippen LogP contribution in [0.25, 0.3) is 0 Å². The Labute approximate surface area is 194 Å². The maximum absolute atomic E-state index is 13.2. The highest BCUT2D eigenvalue weighted by Gasteiger charge is 2.31. The number of sulfone groups is 1. The van der Waals surface area contributed by atoms with Gasteiger partial charge in [-0.05, 0) is 59.8 Å². The molecule has 0 spiro atoms. The highest BCUT2D eigenvalue weighted by atomic mass is 35.5. The maximum atomic E-state index is 13.2. The van der Waals surface area contributed by atoms with Crippen LogP contribution in [0.3, 0.4) is 0 Å². The maximum Gasteiger partial charge on any atom is 0.309 e. The molecule has 0 aliphatic carbocycles. The molecule has 168 valence electrons. The molecule has 1 atom stereocenters. The molecule has 0 aliphatic rings. The van der Waals surface area contributed by atoms with E-state index in [-0.39, 0.29) is 23.8 Å². The molecule has 0 radical (unpaired) electrons. The number of benzene rings is 2. The number of amides is 2. The van der Waals surface area contributed by atoms with Crippen molar-refractivity contribution in [1.29, 1.82) is 0 Å². The summed E-state index contributed by atoms with van der Waals surface area (Å²) >= 11 is 7.10. The van der Waals surface area contributed by atoms with Crippen molar-refractivity contribution in [3.8, 4) is 0 Å². The van der Waals surface area contributed by atoms with E-state index in [0.29, 0.717) is 16.3 Å². The second-order valence-corrected chi connectivity index (χ2v) is 10.4. The van der Waals surface area contributed by atoms with E-state index in [0.717, 1.165) is 5.56 Å². The lowest BCUT2D eigenvalue weighted by Crippen LogP contribution is -2.42. The Morgan fingerprint density at radius 3 is 2.25 bits per heavy atom. The number of nitrogens with one attached hydrogen (secondary N) is 2. The summed E-state index contributed by atoms with van der Waals surface area (Å²) < 4.78 is 39.3. The molecule has 32 heavy (non-hydrogen) atoms. The van der Waals surface area contributed by atoms with Gasteiger partial charge in [-0.2, -0.15) is 0 Å². The van der Waals surface area contributed by atoms with Crippen LogP contribution in [0, 0.1) is 5.82 Å². The van der Waals surface area contributed by atoms with Crippen molar-refractivity contribution in [3.05, 3.63) is 87.3 Å². The van der Waals surface area contributed by atoms with E-state index in [1.807, 2.05) is 0 Å². The first-order valence-corrected chi connectivity index (χ1v) is 12.4. The molecular weight excluding hydrogens is 475 g/mol. The zero-order valence-corrected chi connectivity index (χ0v) is 19.1. The zero-order valence-electron chi connectivity index (χ0n) is 16.8. The molecule has 0 aliphatic heterocycles. The van der Waals surface area contributed by atoms with Crippen LogP contribution in [0.5, 0.6) is 0 Å². The summed E-state index contributed by atoms with van der Waals surface area (Å²) in [7, 11) is -3.84. The lowest BCUT2D eigenvalue weighted by molar-refractivity contribution is -0.139. The van der Waals surface area contributed by atoms with Crippen LogP contribution in [0.15, 0.2) is 70.9 Å². The van der Waals surface area contributed by atoms with Crippen LogP contribution in [0.4, 0.5) is 4.39 Å². The Balaban J connectivity index is 1.61. The Bertz CT molecular complexity index is 1170. The molecule has 0 saturated heterocycles. The first-order valence-electron chi connectivity index (χ1n) is 9.60. The standard InChI is InChI=1S/C22H20ClFN2O4S2/c23-16-5-9-18(10-6-16)32(29,30)20(19-2-1-13-31-19)14-26-22(28)21(27)25-12-11-15-3-7-17(24)8-4-15/h1-10,13,20H,11-12,14H2,(H,25,27)(H,26,28)/t20-/m0/s1. The van der Waals surface area contributed by atoms with Crippen LogP contribution < -0.4 is 10.6 Å². The van der Waals surface area contributed by atoms with E-state index in [2.05, 4.69) is 10.6 Å². The minimum Gasteiger partial charge on any atom is -0.348 e. The van der Waals surface area contributed by atoms with Gasteiger partial charge in [-0.3, -0.25) is 9.59 Å². The van der Waals surface area contributed by atoms with Gasteiger partial charge in [0.1, 0.15) is 11.1 Å². The van der Waals surface area contributed by atoms with Gasteiger partial charge in [0.25, 0.3) is 0 Å². The quantitative estimate of drug-likeness (QED) is 0.468. The summed E-state index contributed by atoms with van der Waals surface area (Å²) in [6.45, 7) is -0.0923. The van der Waals surface area contributed by atoms with Crippen molar-refractivity contribution in [3.63, 3.8) is 0 Å². The zero-order chi connectivity index (χ0) is 23.1. The largest absolute Gasteiger partial charge is 0.348 e. The average molecular weight is 495 g/mol. The van der Waals surface area contributed by atoms with Crippen molar-refractivity contribution in [2.24, 2.45) is 0 Å². The second-order valence-electron chi connectivity index (χ2n) is 6.85. The molecule has 10 heteroatoms. The summed E-state index contributed by atoms with van der Waals surface area (Å²) in [5.74, 6) is -2.16. The molecule has 1 aromatic heterocycles. The normalized spacial score (nSPS) is 12.2. The first kappa shape index (κ1) is 23.9. The number of carbonyl (C=O) groups excluding carboxylic acids is 2. The molecule has 3 aromatic rings. The minimum absolute atomic E-state index is 0.0679. The average Bonchev–Trinajstić information content (AvgIpc) is 3.29. The lowest BCUT2D eigenvalue weighted by Gasteiger charge is -2.17. The van der Waals surface area contributed by atoms with Crippen LogP contribution in [-0.2, 0) is 25.8 Å². The fraction of sp³-hybridized carbons (Fsp3) is 0.182. The summed E-state index contributed by atoms with van der Waals surface area (Å²) in [5, 5.41) is 5.98. The van der Waals surface area contributed by atoms with Crippen molar-refractivity contribution in [2.75, 3.05) is 13.1 Å². The Morgan fingerprint density at radius 1 is 0.969 bits per heavy atom. The van der Waals surface area contributed by atoms with Crippen LogP contribution in [0.1, 0.15) is 15.7 Å². The predicted octanol–water partition coefficient (Wildman–Crippen LogP) is 3.53. The molecule has 0 bridgehead atoms. The van der Waals surface area contributed by atoms with Gasteiger partial charge in [-0.1, -0.05) is 29.8 Å². The molecule has 0 unspecified atom stereocenters.